The molecule has 0 bridgehead atoms. The Morgan fingerprint density at radius 2 is 2.00 bits per heavy atom. The minimum atomic E-state index is 0.234. The van der Waals surface area contributed by atoms with Gasteiger partial charge < -0.3 is 4.74 Å². The van der Waals surface area contributed by atoms with Gasteiger partial charge in [0.05, 0.1) is 19.0 Å². The number of hydrogen-bond donors (Lipinski definition) is 0. The zero-order valence-corrected chi connectivity index (χ0v) is 9.69. The van der Waals surface area contributed by atoms with Crippen LogP contribution in [0.5, 0.6) is 5.75 Å². The molecule has 0 saturated carbocycles. The first-order valence-corrected chi connectivity index (χ1v) is 5.07. The van der Waals surface area contributed by atoms with Crippen molar-refractivity contribution in [3.05, 3.63) is 35.5 Å². The Kier molecular flexibility index (Phi) is 3.01. The van der Waals surface area contributed by atoms with E-state index in [1.807, 2.05) is 19.1 Å². The van der Waals surface area contributed by atoms with Gasteiger partial charge in [0.25, 0.3) is 0 Å². The summed E-state index contributed by atoms with van der Waals surface area (Å²) in [6.45, 7) is 1.87. The van der Waals surface area contributed by atoms with E-state index in [0.29, 0.717) is 5.75 Å². The fraction of sp³-hybridized carbons (Fsp3) is 0.182. The molecule has 0 spiro atoms. The topological polar surface area (TPSA) is 47.9 Å². The molecule has 2 rings (SSSR count). The van der Waals surface area contributed by atoms with Crippen molar-refractivity contribution in [3.63, 3.8) is 0 Å². The molecule has 0 fully saturated rings. The molecule has 82 valence electrons. The smallest absolute Gasteiger partial charge is 0.223 e. The van der Waals surface area contributed by atoms with Crippen molar-refractivity contribution in [1.29, 1.82) is 0 Å². The van der Waals surface area contributed by atoms with Crippen LogP contribution in [0.1, 0.15) is 5.69 Å². The molecule has 4 nitrogen and oxygen atoms in total. The second-order valence-electron chi connectivity index (χ2n) is 3.28. The number of pyridine rings is 1. The molecule has 0 aliphatic heterocycles. The molecule has 0 aromatic carbocycles. The molecular formula is C11H10ClN3O. The molecule has 0 aliphatic carbocycles. The molecule has 2 aromatic rings. The maximum Gasteiger partial charge on any atom is 0.223 e. The van der Waals surface area contributed by atoms with Crippen LogP contribution in [0.25, 0.3) is 11.3 Å². The van der Waals surface area contributed by atoms with Crippen LogP contribution >= 0.6 is 11.6 Å². The van der Waals surface area contributed by atoms with Gasteiger partial charge in [-0.2, -0.15) is 0 Å². The SMILES string of the molecule is COc1cncc(-c2cc(C)nc(Cl)n2)c1. The first-order chi connectivity index (χ1) is 7.69. The van der Waals surface area contributed by atoms with Crippen LogP contribution in [-0.2, 0) is 0 Å². The lowest BCUT2D eigenvalue weighted by Crippen LogP contribution is -1.92. The summed E-state index contributed by atoms with van der Waals surface area (Å²) >= 11 is 5.80. The maximum absolute atomic E-state index is 5.80. The van der Waals surface area contributed by atoms with E-state index in [0.717, 1.165) is 17.0 Å². The van der Waals surface area contributed by atoms with Gasteiger partial charge in [0.2, 0.25) is 5.28 Å². The number of rotatable bonds is 2. The first kappa shape index (κ1) is 10.8. The van der Waals surface area contributed by atoms with E-state index < -0.39 is 0 Å². The number of ether oxygens (including phenoxy) is 1. The number of aromatic nitrogens is 3. The second-order valence-corrected chi connectivity index (χ2v) is 3.62. The summed E-state index contributed by atoms with van der Waals surface area (Å²) in [6.07, 6.45) is 3.35. The average molecular weight is 236 g/mol. The molecule has 0 saturated heterocycles. The van der Waals surface area contributed by atoms with E-state index in [1.54, 1.807) is 19.5 Å². The minimum Gasteiger partial charge on any atom is -0.495 e. The molecule has 0 N–H and O–H groups in total. The Balaban J connectivity index is 2.49. The van der Waals surface area contributed by atoms with Crippen molar-refractivity contribution in [3.8, 4) is 17.0 Å². The van der Waals surface area contributed by atoms with E-state index >= 15 is 0 Å². The molecule has 0 amide bonds. The third-order valence-electron chi connectivity index (χ3n) is 2.07. The highest BCUT2D eigenvalue weighted by atomic mass is 35.5. The fourth-order valence-electron chi connectivity index (χ4n) is 1.35. The van der Waals surface area contributed by atoms with Gasteiger partial charge in [-0.05, 0) is 30.7 Å². The highest BCUT2D eigenvalue weighted by Gasteiger charge is 2.04. The van der Waals surface area contributed by atoms with Gasteiger partial charge in [-0.1, -0.05) is 0 Å². The summed E-state index contributed by atoms with van der Waals surface area (Å²) in [5.74, 6) is 0.685. The summed E-state index contributed by atoms with van der Waals surface area (Å²) in [5, 5.41) is 0.234. The monoisotopic (exact) mass is 235 g/mol. The minimum absolute atomic E-state index is 0.234. The van der Waals surface area contributed by atoms with Gasteiger partial charge >= 0.3 is 0 Å². The van der Waals surface area contributed by atoms with Crippen molar-refractivity contribution in [1.82, 2.24) is 15.0 Å². The van der Waals surface area contributed by atoms with Gasteiger partial charge in [-0.3, -0.25) is 4.98 Å². The Morgan fingerprint density at radius 3 is 2.69 bits per heavy atom. The average Bonchev–Trinajstić information content (AvgIpc) is 2.28. The van der Waals surface area contributed by atoms with Crippen LogP contribution in [-0.4, -0.2) is 22.1 Å². The lowest BCUT2D eigenvalue weighted by atomic mass is 10.2. The molecule has 0 unspecified atom stereocenters. The Hall–Kier alpha value is -1.68. The lowest BCUT2D eigenvalue weighted by molar-refractivity contribution is 0.413. The predicted molar refractivity (Wildman–Crippen MR) is 61.6 cm³/mol. The number of methoxy groups -OCH3 is 1. The van der Waals surface area contributed by atoms with Gasteiger partial charge in [-0.15, -0.1) is 0 Å². The highest BCUT2D eigenvalue weighted by Crippen LogP contribution is 2.22. The van der Waals surface area contributed by atoms with Crippen molar-refractivity contribution in [2.75, 3.05) is 7.11 Å². The van der Waals surface area contributed by atoms with Gasteiger partial charge in [-0.25, -0.2) is 9.97 Å². The molecule has 2 aromatic heterocycles. The van der Waals surface area contributed by atoms with Gasteiger partial charge in [0.1, 0.15) is 5.75 Å². The summed E-state index contributed by atoms with van der Waals surface area (Å²) in [6, 6.07) is 3.70. The van der Waals surface area contributed by atoms with E-state index in [2.05, 4.69) is 15.0 Å². The van der Waals surface area contributed by atoms with Crippen LogP contribution in [0, 0.1) is 6.92 Å². The second kappa shape index (κ2) is 4.45. The fourth-order valence-corrected chi connectivity index (χ4v) is 1.58. The number of nitrogens with zero attached hydrogens (tertiary/aromatic N) is 3. The summed E-state index contributed by atoms with van der Waals surface area (Å²) in [5.41, 5.74) is 2.41. The predicted octanol–water partition coefficient (Wildman–Crippen LogP) is 2.51. The molecule has 16 heavy (non-hydrogen) atoms. The van der Waals surface area contributed by atoms with E-state index in [1.165, 1.54) is 0 Å². The zero-order valence-electron chi connectivity index (χ0n) is 8.94. The van der Waals surface area contributed by atoms with Crippen LogP contribution in [0.3, 0.4) is 0 Å². The third kappa shape index (κ3) is 2.28. The largest absolute Gasteiger partial charge is 0.495 e. The van der Waals surface area contributed by atoms with Crippen LogP contribution in [0.2, 0.25) is 5.28 Å². The van der Waals surface area contributed by atoms with Crippen molar-refractivity contribution >= 4 is 11.6 Å². The van der Waals surface area contributed by atoms with Crippen molar-refractivity contribution in [2.24, 2.45) is 0 Å². The summed E-state index contributed by atoms with van der Waals surface area (Å²) in [7, 11) is 1.60. The lowest BCUT2D eigenvalue weighted by Gasteiger charge is -2.04. The normalized spacial score (nSPS) is 10.2. The van der Waals surface area contributed by atoms with Gasteiger partial charge in [0, 0.05) is 17.5 Å². The summed E-state index contributed by atoms with van der Waals surface area (Å²) < 4.78 is 5.10. The van der Waals surface area contributed by atoms with Crippen LogP contribution in [0.4, 0.5) is 0 Å². The van der Waals surface area contributed by atoms with E-state index in [4.69, 9.17) is 16.3 Å². The molecule has 0 aliphatic rings. The number of hydrogen-bond acceptors (Lipinski definition) is 4. The molecule has 2 heterocycles. The van der Waals surface area contributed by atoms with Gasteiger partial charge in [0.15, 0.2) is 0 Å². The molecular weight excluding hydrogens is 226 g/mol. The van der Waals surface area contributed by atoms with Crippen molar-refractivity contribution < 1.29 is 4.74 Å². The highest BCUT2D eigenvalue weighted by molar-refractivity contribution is 6.28. The van der Waals surface area contributed by atoms with E-state index in [9.17, 15) is 0 Å². The standard InChI is InChI=1S/C11H10ClN3O/c1-7-3-10(15-11(12)14-7)8-4-9(16-2)6-13-5-8/h3-6H,1-2H3. The summed E-state index contributed by atoms with van der Waals surface area (Å²) in [4.78, 5) is 12.2. The Morgan fingerprint density at radius 1 is 1.19 bits per heavy atom. The molecule has 5 heteroatoms. The molecule has 0 radical (unpaired) electrons. The number of aryl methyl sites for hydroxylation is 1. The van der Waals surface area contributed by atoms with Crippen LogP contribution < -0.4 is 4.74 Å². The third-order valence-corrected chi connectivity index (χ3v) is 2.24. The Labute approximate surface area is 98.3 Å². The zero-order chi connectivity index (χ0) is 11.5. The maximum atomic E-state index is 5.80. The Bertz CT molecular complexity index is 496. The number of halogens is 1. The quantitative estimate of drug-likeness (QED) is 0.751. The first-order valence-electron chi connectivity index (χ1n) is 4.69. The van der Waals surface area contributed by atoms with Crippen molar-refractivity contribution in [2.45, 2.75) is 6.92 Å². The van der Waals surface area contributed by atoms with Crippen LogP contribution in [0.15, 0.2) is 24.5 Å². The molecule has 0 atom stereocenters. The van der Waals surface area contributed by atoms with E-state index in [-0.39, 0.29) is 5.28 Å².